The van der Waals surface area contributed by atoms with Crippen molar-refractivity contribution in [1.29, 1.82) is 0 Å². The topological polar surface area (TPSA) is 67.9 Å². The van der Waals surface area contributed by atoms with Gasteiger partial charge in [0.25, 0.3) is 0 Å². The molecular formula is C22H31ClN2O4. The van der Waals surface area contributed by atoms with Crippen molar-refractivity contribution in [2.45, 2.75) is 45.4 Å². The highest BCUT2D eigenvalue weighted by molar-refractivity contribution is 6.32. The number of carbonyl (C=O) groups excluding carboxylic acids is 2. The largest absolute Gasteiger partial charge is 0.493 e. The molecule has 0 radical (unpaired) electrons. The zero-order valence-corrected chi connectivity index (χ0v) is 18.1. The lowest BCUT2D eigenvalue weighted by Gasteiger charge is -2.20. The van der Waals surface area contributed by atoms with Crippen molar-refractivity contribution in [3.05, 3.63) is 28.8 Å². The number of likely N-dealkylation sites (tertiary alicyclic amines) is 1. The summed E-state index contributed by atoms with van der Waals surface area (Å²) in [5.41, 5.74) is 0.728. The number of nitrogens with zero attached hydrogens (tertiary/aromatic N) is 1. The Kier molecular flexibility index (Phi) is 9.84. The van der Waals surface area contributed by atoms with Crippen molar-refractivity contribution >= 4 is 29.5 Å². The van der Waals surface area contributed by atoms with Crippen LogP contribution in [-0.2, 0) is 9.59 Å². The van der Waals surface area contributed by atoms with Gasteiger partial charge in [-0.1, -0.05) is 31.4 Å². The van der Waals surface area contributed by atoms with Crippen LogP contribution in [0.5, 0.6) is 11.5 Å². The minimum absolute atomic E-state index is 0.107. The Morgan fingerprint density at radius 3 is 2.59 bits per heavy atom. The number of halogens is 1. The Bertz CT molecular complexity index is 713. The molecule has 1 aromatic rings. The standard InChI is InChI=1S/C22H31ClN2O4/c1-3-14-29-22-18(23)15-17(16-19(22)28-2)8-9-20(26)24-11-10-21(27)25-12-6-4-5-7-13-25/h8-9,15-16H,3-7,10-14H2,1-2H3,(H,24,26)/b9-8+. The molecule has 0 unspecified atom stereocenters. The van der Waals surface area contributed by atoms with Gasteiger partial charge < -0.3 is 19.7 Å². The average Bonchev–Trinajstić information content (AvgIpc) is 3.00. The summed E-state index contributed by atoms with van der Waals surface area (Å²) in [5, 5.41) is 3.19. The molecule has 7 heteroatoms. The second-order valence-electron chi connectivity index (χ2n) is 7.05. The average molecular weight is 423 g/mol. The lowest BCUT2D eigenvalue weighted by molar-refractivity contribution is -0.131. The summed E-state index contributed by atoms with van der Waals surface area (Å²) in [4.78, 5) is 26.2. The first-order valence-corrected chi connectivity index (χ1v) is 10.7. The third-order valence-electron chi connectivity index (χ3n) is 4.73. The summed E-state index contributed by atoms with van der Waals surface area (Å²) in [5.74, 6) is 0.879. The van der Waals surface area contributed by atoms with Gasteiger partial charge >= 0.3 is 0 Å². The molecule has 160 valence electrons. The van der Waals surface area contributed by atoms with Crippen LogP contribution in [0.1, 0.15) is 51.0 Å². The minimum atomic E-state index is -0.255. The minimum Gasteiger partial charge on any atom is -0.493 e. The van der Waals surface area contributed by atoms with E-state index >= 15 is 0 Å². The van der Waals surface area contributed by atoms with Crippen molar-refractivity contribution in [2.75, 3.05) is 33.4 Å². The smallest absolute Gasteiger partial charge is 0.244 e. The molecule has 1 aliphatic rings. The number of rotatable bonds is 9. The van der Waals surface area contributed by atoms with Crippen LogP contribution >= 0.6 is 11.6 Å². The van der Waals surface area contributed by atoms with Gasteiger partial charge in [-0.05, 0) is 43.0 Å². The van der Waals surface area contributed by atoms with Gasteiger partial charge in [0.2, 0.25) is 11.8 Å². The van der Waals surface area contributed by atoms with E-state index in [1.807, 2.05) is 11.8 Å². The summed E-state index contributed by atoms with van der Waals surface area (Å²) >= 11 is 6.29. The van der Waals surface area contributed by atoms with Crippen molar-refractivity contribution < 1.29 is 19.1 Å². The predicted octanol–water partition coefficient (Wildman–Crippen LogP) is 4.06. The normalized spacial score (nSPS) is 14.5. The molecule has 1 aromatic carbocycles. The molecule has 0 aliphatic carbocycles. The van der Waals surface area contributed by atoms with Crippen molar-refractivity contribution in [1.82, 2.24) is 10.2 Å². The summed E-state index contributed by atoms with van der Waals surface area (Å²) in [6.45, 7) is 4.54. The molecule has 1 aliphatic heterocycles. The highest BCUT2D eigenvalue weighted by Gasteiger charge is 2.15. The van der Waals surface area contributed by atoms with E-state index in [0.717, 1.165) is 37.9 Å². The second kappa shape index (κ2) is 12.4. The predicted molar refractivity (Wildman–Crippen MR) is 115 cm³/mol. The molecule has 29 heavy (non-hydrogen) atoms. The van der Waals surface area contributed by atoms with Crippen LogP contribution in [0.2, 0.25) is 5.02 Å². The number of hydrogen-bond donors (Lipinski definition) is 1. The van der Waals surface area contributed by atoms with Crippen molar-refractivity contribution in [2.24, 2.45) is 0 Å². The lowest BCUT2D eigenvalue weighted by atomic mass is 10.2. The first kappa shape index (κ1) is 23.1. The summed E-state index contributed by atoms with van der Waals surface area (Å²) in [6, 6.07) is 3.49. The fraction of sp³-hybridized carbons (Fsp3) is 0.545. The quantitative estimate of drug-likeness (QED) is 0.609. The molecular weight excluding hydrogens is 392 g/mol. The van der Waals surface area contributed by atoms with E-state index in [1.165, 1.54) is 18.9 Å². The van der Waals surface area contributed by atoms with Crippen LogP contribution in [-0.4, -0.2) is 50.1 Å². The van der Waals surface area contributed by atoms with E-state index < -0.39 is 0 Å². The zero-order chi connectivity index (χ0) is 21.1. The summed E-state index contributed by atoms with van der Waals surface area (Å²) < 4.78 is 11.0. The van der Waals surface area contributed by atoms with E-state index in [4.69, 9.17) is 21.1 Å². The molecule has 1 heterocycles. The molecule has 1 saturated heterocycles. The van der Waals surface area contributed by atoms with E-state index in [-0.39, 0.29) is 11.8 Å². The van der Waals surface area contributed by atoms with Gasteiger partial charge in [0, 0.05) is 32.1 Å². The maximum atomic E-state index is 12.2. The van der Waals surface area contributed by atoms with E-state index in [9.17, 15) is 9.59 Å². The third kappa shape index (κ3) is 7.61. The molecule has 6 nitrogen and oxygen atoms in total. The fourth-order valence-electron chi connectivity index (χ4n) is 3.18. The van der Waals surface area contributed by atoms with Crippen LogP contribution in [0.3, 0.4) is 0 Å². The number of benzene rings is 1. The molecule has 0 spiro atoms. The van der Waals surface area contributed by atoms with Gasteiger partial charge in [0.1, 0.15) is 0 Å². The summed E-state index contributed by atoms with van der Waals surface area (Å²) in [7, 11) is 1.55. The van der Waals surface area contributed by atoms with Crippen LogP contribution in [0.15, 0.2) is 18.2 Å². The number of ether oxygens (including phenoxy) is 2. The van der Waals surface area contributed by atoms with Gasteiger partial charge in [-0.2, -0.15) is 0 Å². The van der Waals surface area contributed by atoms with Gasteiger partial charge in [-0.25, -0.2) is 0 Å². The maximum absolute atomic E-state index is 12.2. The first-order valence-electron chi connectivity index (χ1n) is 10.3. The number of methoxy groups -OCH3 is 1. The van der Waals surface area contributed by atoms with Gasteiger partial charge in [0.05, 0.1) is 18.7 Å². The monoisotopic (exact) mass is 422 g/mol. The van der Waals surface area contributed by atoms with Gasteiger partial charge in [0.15, 0.2) is 11.5 Å². The molecule has 2 amide bonds. The zero-order valence-electron chi connectivity index (χ0n) is 17.3. The number of nitrogens with one attached hydrogen (secondary N) is 1. The third-order valence-corrected chi connectivity index (χ3v) is 5.01. The van der Waals surface area contributed by atoms with Crippen LogP contribution in [0, 0.1) is 0 Å². The molecule has 0 atom stereocenters. The number of amides is 2. The van der Waals surface area contributed by atoms with Gasteiger partial charge in [-0.15, -0.1) is 0 Å². The van der Waals surface area contributed by atoms with E-state index in [1.54, 1.807) is 25.3 Å². The van der Waals surface area contributed by atoms with Crippen molar-refractivity contribution in [3.63, 3.8) is 0 Å². The molecule has 0 bridgehead atoms. The molecule has 0 aromatic heterocycles. The Labute approximate surface area is 178 Å². The fourth-order valence-corrected chi connectivity index (χ4v) is 3.46. The first-order chi connectivity index (χ1) is 14.0. The number of carbonyl (C=O) groups is 2. The van der Waals surface area contributed by atoms with Crippen LogP contribution < -0.4 is 14.8 Å². The van der Waals surface area contributed by atoms with E-state index in [2.05, 4.69) is 5.32 Å². The Hall–Kier alpha value is -2.21. The van der Waals surface area contributed by atoms with Gasteiger partial charge in [-0.3, -0.25) is 9.59 Å². The highest BCUT2D eigenvalue weighted by atomic mass is 35.5. The number of hydrogen-bond acceptors (Lipinski definition) is 4. The maximum Gasteiger partial charge on any atom is 0.244 e. The summed E-state index contributed by atoms with van der Waals surface area (Å²) in [6.07, 6.45) is 8.77. The molecule has 0 saturated carbocycles. The second-order valence-corrected chi connectivity index (χ2v) is 7.46. The molecule has 1 fully saturated rings. The van der Waals surface area contributed by atoms with Crippen molar-refractivity contribution in [3.8, 4) is 11.5 Å². The highest BCUT2D eigenvalue weighted by Crippen LogP contribution is 2.36. The molecule has 1 N–H and O–H groups in total. The van der Waals surface area contributed by atoms with Crippen LogP contribution in [0.25, 0.3) is 6.08 Å². The lowest BCUT2D eigenvalue weighted by Crippen LogP contribution is -2.34. The molecule has 2 rings (SSSR count). The SMILES string of the molecule is CCCOc1c(Cl)cc(/C=C/C(=O)NCCC(=O)N2CCCCCC2)cc1OC. The van der Waals surface area contributed by atoms with Crippen LogP contribution in [0.4, 0.5) is 0 Å². The Balaban J connectivity index is 1.85. The Morgan fingerprint density at radius 1 is 1.21 bits per heavy atom. The van der Waals surface area contributed by atoms with E-state index in [0.29, 0.717) is 36.1 Å². The Morgan fingerprint density at radius 2 is 1.93 bits per heavy atom.